The van der Waals surface area contributed by atoms with Gasteiger partial charge in [0.25, 0.3) is 5.91 Å². The predicted octanol–water partition coefficient (Wildman–Crippen LogP) is 1.57. The molecule has 0 fully saturated rings. The van der Waals surface area contributed by atoms with E-state index in [0.717, 1.165) is 0 Å². The van der Waals surface area contributed by atoms with Crippen molar-refractivity contribution in [1.29, 1.82) is 0 Å². The molecule has 0 saturated carbocycles. The van der Waals surface area contributed by atoms with Gasteiger partial charge in [0, 0.05) is 11.3 Å². The van der Waals surface area contributed by atoms with Crippen LogP contribution >= 0.6 is 0 Å². The smallest absolute Gasteiger partial charge is 0.344 e. The highest BCUT2D eigenvalue weighted by Crippen LogP contribution is 2.15. The molecule has 8 heteroatoms. The van der Waals surface area contributed by atoms with Crippen molar-refractivity contribution >= 4 is 23.5 Å². The van der Waals surface area contributed by atoms with Crippen LogP contribution in [-0.2, 0) is 9.53 Å². The monoisotopic (exact) mass is 331 g/mol. The van der Waals surface area contributed by atoms with Crippen LogP contribution in [0.3, 0.4) is 0 Å². The molecular weight excluding hydrogens is 314 g/mol. The molecule has 0 radical (unpaired) electrons. The molecule has 0 bridgehead atoms. The molecule has 126 valence electrons. The van der Waals surface area contributed by atoms with Gasteiger partial charge in [-0.1, -0.05) is 5.16 Å². The third-order valence-electron chi connectivity index (χ3n) is 3.33. The summed E-state index contributed by atoms with van der Waals surface area (Å²) >= 11 is 0. The van der Waals surface area contributed by atoms with Crippen LogP contribution in [0.1, 0.15) is 39.1 Å². The minimum atomic E-state index is -1.03. The summed E-state index contributed by atoms with van der Waals surface area (Å²) in [4.78, 5) is 35.2. The van der Waals surface area contributed by atoms with Gasteiger partial charge in [0.1, 0.15) is 11.3 Å². The van der Waals surface area contributed by atoms with Crippen LogP contribution in [0.15, 0.2) is 28.8 Å². The Balaban J connectivity index is 1.99. The highest BCUT2D eigenvalue weighted by atomic mass is 16.5. The lowest BCUT2D eigenvalue weighted by molar-refractivity contribution is -0.123. The van der Waals surface area contributed by atoms with E-state index >= 15 is 0 Å². The molecule has 1 aromatic carbocycles. The first-order valence-electron chi connectivity index (χ1n) is 7.14. The average molecular weight is 331 g/mol. The molecule has 1 atom stereocenters. The second-order valence-corrected chi connectivity index (χ2v) is 5.18. The van der Waals surface area contributed by atoms with Crippen LogP contribution in [0, 0.1) is 13.8 Å². The van der Waals surface area contributed by atoms with Crippen LogP contribution < -0.4 is 11.1 Å². The molecule has 24 heavy (non-hydrogen) atoms. The van der Waals surface area contributed by atoms with E-state index in [0.29, 0.717) is 22.7 Å². The van der Waals surface area contributed by atoms with E-state index in [9.17, 15) is 14.4 Å². The summed E-state index contributed by atoms with van der Waals surface area (Å²) in [5, 5.41) is 6.25. The Hall–Kier alpha value is -3.16. The number of amides is 2. The lowest BCUT2D eigenvalue weighted by Gasteiger charge is -2.13. The number of aromatic nitrogens is 1. The zero-order valence-electron chi connectivity index (χ0n) is 13.5. The first-order chi connectivity index (χ1) is 11.3. The Morgan fingerprint density at radius 3 is 2.33 bits per heavy atom. The van der Waals surface area contributed by atoms with E-state index < -0.39 is 23.9 Å². The quantitative estimate of drug-likeness (QED) is 0.801. The molecule has 2 amide bonds. The number of aryl methyl sites for hydroxylation is 2. The van der Waals surface area contributed by atoms with Gasteiger partial charge in [0.2, 0.25) is 5.91 Å². The molecule has 3 N–H and O–H groups in total. The lowest BCUT2D eigenvalue weighted by atomic mass is 10.2. The number of carbonyl (C=O) groups excluding carboxylic acids is 3. The average Bonchev–Trinajstić information content (AvgIpc) is 2.86. The van der Waals surface area contributed by atoms with Crippen molar-refractivity contribution in [2.75, 3.05) is 5.32 Å². The summed E-state index contributed by atoms with van der Waals surface area (Å²) < 4.78 is 10.0. The summed E-state index contributed by atoms with van der Waals surface area (Å²) in [5.74, 6) is -1.43. The number of benzene rings is 1. The zero-order chi connectivity index (χ0) is 17.9. The van der Waals surface area contributed by atoms with Crippen molar-refractivity contribution in [3.05, 3.63) is 46.8 Å². The molecule has 8 nitrogen and oxygen atoms in total. The zero-order valence-corrected chi connectivity index (χ0v) is 13.5. The molecule has 0 unspecified atom stereocenters. The highest BCUT2D eigenvalue weighted by molar-refractivity contribution is 5.98. The van der Waals surface area contributed by atoms with Crippen LogP contribution in [0.25, 0.3) is 0 Å². The summed E-state index contributed by atoms with van der Waals surface area (Å²) in [6.45, 7) is 4.64. The minimum Gasteiger partial charge on any atom is -0.449 e. The van der Waals surface area contributed by atoms with Crippen LogP contribution in [0.2, 0.25) is 0 Å². The van der Waals surface area contributed by atoms with Crippen molar-refractivity contribution in [3.63, 3.8) is 0 Å². The number of rotatable bonds is 5. The molecule has 0 spiro atoms. The van der Waals surface area contributed by atoms with Crippen molar-refractivity contribution in [2.45, 2.75) is 26.9 Å². The van der Waals surface area contributed by atoms with Crippen LogP contribution in [-0.4, -0.2) is 29.0 Å². The Bertz CT molecular complexity index is 760. The van der Waals surface area contributed by atoms with E-state index in [4.69, 9.17) is 15.0 Å². The molecule has 2 rings (SSSR count). The van der Waals surface area contributed by atoms with Gasteiger partial charge in [0.05, 0.1) is 5.69 Å². The van der Waals surface area contributed by atoms with Crippen molar-refractivity contribution in [1.82, 2.24) is 5.16 Å². The number of ether oxygens (including phenoxy) is 1. The molecule has 0 aliphatic rings. The van der Waals surface area contributed by atoms with E-state index in [1.54, 1.807) is 13.8 Å². The Kier molecular flexibility index (Phi) is 4.98. The predicted molar refractivity (Wildman–Crippen MR) is 84.4 cm³/mol. The fraction of sp³-hybridized carbons (Fsp3) is 0.250. The Morgan fingerprint density at radius 1 is 1.21 bits per heavy atom. The first kappa shape index (κ1) is 17.2. The number of hydrogen-bond acceptors (Lipinski definition) is 6. The number of nitrogens with zero attached hydrogens (tertiary/aromatic N) is 1. The van der Waals surface area contributed by atoms with Crippen LogP contribution in [0.4, 0.5) is 5.69 Å². The highest BCUT2D eigenvalue weighted by Gasteiger charge is 2.24. The summed E-state index contributed by atoms with van der Waals surface area (Å²) in [6.07, 6.45) is -1.03. The number of nitrogens with two attached hydrogens (primary N) is 1. The first-order valence-corrected chi connectivity index (χ1v) is 7.14. The Labute approximate surface area is 137 Å². The van der Waals surface area contributed by atoms with Crippen molar-refractivity contribution in [3.8, 4) is 0 Å². The van der Waals surface area contributed by atoms with Gasteiger partial charge >= 0.3 is 5.97 Å². The summed E-state index contributed by atoms with van der Waals surface area (Å²) in [6, 6.07) is 6.03. The normalized spacial score (nSPS) is 11.6. The molecular formula is C16H17N3O5. The number of anilines is 1. The van der Waals surface area contributed by atoms with Gasteiger partial charge in [-0.15, -0.1) is 0 Å². The summed E-state index contributed by atoms with van der Waals surface area (Å²) in [5.41, 5.74) is 6.52. The van der Waals surface area contributed by atoms with E-state index in [2.05, 4.69) is 10.5 Å². The number of nitrogens with one attached hydrogen (secondary N) is 1. The molecule has 0 aliphatic carbocycles. The molecule has 2 aromatic rings. The second kappa shape index (κ2) is 6.95. The topological polar surface area (TPSA) is 125 Å². The van der Waals surface area contributed by atoms with Gasteiger partial charge in [0.15, 0.2) is 6.10 Å². The number of esters is 1. The van der Waals surface area contributed by atoms with Gasteiger partial charge < -0.3 is 20.3 Å². The third-order valence-corrected chi connectivity index (χ3v) is 3.33. The van der Waals surface area contributed by atoms with E-state index in [1.165, 1.54) is 31.2 Å². The largest absolute Gasteiger partial charge is 0.449 e. The van der Waals surface area contributed by atoms with Crippen molar-refractivity contribution < 1.29 is 23.6 Å². The van der Waals surface area contributed by atoms with Gasteiger partial charge in [-0.2, -0.15) is 0 Å². The number of hydrogen-bond donors (Lipinski definition) is 2. The maximum atomic E-state index is 12.1. The number of carbonyl (C=O) groups is 3. The molecule has 0 saturated heterocycles. The van der Waals surface area contributed by atoms with Gasteiger partial charge in [-0.3, -0.25) is 9.59 Å². The molecule has 1 heterocycles. The maximum absolute atomic E-state index is 12.1. The van der Waals surface area contributed by atoms with Gasteiger partial charge in [-0.05, 0) is 45.0 Å². The van der Waals surface area contributed by atoms with Crippen LogP contribution in [0.5, 0.6) is 0 Å². The summed E-state index contributed by atoms with van der Waals surface area (Å²) in [7, 11) is 0. The number of primary amides is 1. The standard InChI is InChI=1S/C16H17N3O5/c1-8-13(9(2)24-19-8)16(22)23-10(3)15(21)18-12-6-4-11(5-7-12)14(17)20/h4-7,10H,1-3H3,(H2,17,20)(H,18,21)/t10-/m1/s1. The third kappa shape index (κ3) is 3.78. The maximum Gasteiger partial charge on any atom is 0.344 e. The fourth-order valence-corrected chi connectivity index (χ4v) is 2.01. The van der Waals surface area contributed by atoms with E-state index in [1.807, 2.05) is 0 Å². The minimum absolute atomic E-state index is 0.209. The van der Waals surface area contributed by atoms with E-state index in [-0.39, 0.29) is 5.56 Å². The molecule has 1 aromatic heterocycles. The Morgan fingerprint density at radius 2 is 1.83 bits per heavy atom. The SMILES string of the molecule is Cc1noc(C)c1C(=O)O[C@H](C)C(=O)Nc1ccc(C(N)=O)cc1. The van der Waals surface area contributed by atoms with Gasteiger partial charge in [-0.25, -0.2) is 4.79 Å². The molecule has 0 aliphatic heterocycles. The van der Waals surface area contributed by atoms with Crippen molar-refractivity contribution in [2.24, 2.45) is 5.73 Å². The second-order valence-electron chi connectivity index (χ2n) is 5.18. The lowest BCUT2D eigenvalue weighted by Crippen LogP contribution is -2.30. The fourth-order valence-electron chi connectivity index (χ4n) is 2.01.